The largest absolute Gasteiger partial charge is 0.388 e. The lowest BCUT2D eigenvalue weighted by molar-refractivity contribution is 0.953. The molecule has 4 aromatic rings. The molecule has 0 aliphatic rings. The number of aryl methyl sites for hydroxylation is 1. The first-order valence-corrected chi connectivity index (χ1v) is 6.84. The standard InChI is InChI=1S/C16H15N5/c1-17-11-7-8-21-10-13(18-15(21)9-11)16-19-12-5-3-4-6-14(12)20(16)2/h3-10,17H,1-2H3. The summed E-state index contributed by atoms with van der Waals surface area (Å²) in [4.78, 5) is 9.38. The van der Waals surface area contributed by atoms with Crippen molar-refractivity contribution in [2.24, 2.45) is 7.05 Å². The molecule has 1 N–H and O–H groups in total. The fourth-order valence-corrected chi connectivity index (χ4v) is 2.62. The van der Waals surface area contributed by atoms with Crippen LogP contribution in [0.1, 0.15) is 0 Å². The molecule has 21 heavy (non-hydrogen) atoms. The zero-order valence-corrected chi connectivity index (χ0v) is 11.9. The van der Waals surface area contributed by atoms with Gasteiger partial charge in [0, 0.05) is 38.2 Å². The van der Waals surface area contributed by atoms with E-state index in [9.17, 15) is 0 Å². The van der Waals surface area contributed by atoms with Crippen LogP contribution in [0.4, 0.5) is 5.69 Å². The predicted octanol–water partition coefficient (Wildman–Crippen LogP) is 2.93. The Hall–Kier alpha value is -2.82. The molecule has 0 fully saturated rings. The highest BCUT2D eigenvalue weighted by Crippen LogP contribution is 2.23. The van der Waals surface area contributed by atoms with Gasteiger partial charge in [-0.05, 0) is 18.2 Å². The number of hydrogen-bond donors (Lipinski definition) is 1. The number of fused-ring (bicyclic) bond motifs is 2. The maximum Gasteiger partial charge on any atom is 0.161 e. The number of hydrogen-bond acceptors (Lipinski definition) is 3. The molecule has 0 atom stereocenters. The summed E-state index contributed by atoms with van der Waals surface area (Å²) in [7, 11) is 3.93. The molecule has 1 aromatic carbocycles. The van der Waals surface area contributed by atoms with Gasteiger partial charge in [-0.15, -0.1) is 0 Å². The number of para-hydroxylation sites is 2. The van der Waals surface area contributed by atoms with Crippen molar-refractivity contribution in [1.82, 2.24) is 18.9 Å². The van der Waals surface area contributed by atoms with Crippen LogP contribution in [0.5, 0.6) is 0 Å². The number of anilines is 1. The van der Waals surface area contributed by atoms with Crippen molar-refractivity contribution in [3.63, 3.8) is 0 Å². The minimum absolute atomic E-state index is 0.877. The van der Waals surface area contributed by atoms with E-state index in [0.29, 0.717) is 0 Å². The van der Waals surface area contributed by atoms with Gasteiger partial charge in [0.1, 0.15) is 11.3 Å². The Morgan fingerprint density at radius 3 is 2.76 bits per heavy atom. The Bertz CT molecular complexity index is 948. The minimum atomic E-state index is 0.877. The Balaban J connectivity index is 1.93. The number of rotatable bonds is 2. The lowest BCUT2D eigenvalue weighted by atomic mass is 10.3. The summed E-state index contributed by atoms with van der Waals surface area (Å²) in [6.45, 7) is 0. The molecule has 0 saturated carbocycles. The summed E-state index contributed by atoms with van der Waals surface area (Å²) < 4.78 is 4.09. The van der Waals surface area contributed by atoms with E-state index in [1.54, 1.807) is 0 Å². The summed E-state index contributed by atoms with van der Waals surface area (Å²) in [5.74, 6) is 0.880. The number of aromatic nitrogens is 4. The van der Waals surface area contributed by atoms with Gasteiger partial charge in [0.05, 0.1) is 11.0 Å². The first kappa shape index (κ1) is 12.0. The zero-order chi connectivity index (χ0) is 14.4. The van der Waals surface area contributed by atoms with Crippen LogP contribution in [0.15, 0.2) is 48.8 Å². The first-order chi connectivity index (χ1) is 10.3. The number of pyridine rings is 1. The topological polar surface area (TPSA) is 47.1 Å². The Morgan fingerprint density at radius 1 is 1.10 bits per heavy atom. The number of benzene rings is 1. The SMILES string of the molecule is CNc1ccn2cc(-c3nc4ccccc4n3C)nc2c1. The van der Waals surface area contributed by atoms with E-state index in [1.165, 1.54) is 0 Å². The molecule has 0 amide bonds. The van der Waals surface area contributed by atoms with Gasteiger partial charge in [0.25, 0.3) is 0 Å². The Kier molecular flexibility index (Phi) is 2.47. The van der Waals surface area contributed by atoms with Crippen molar-refractivity contribution >= 4 is 22.4 Å². The van der Waals surface area contributed by atoms with Crippen LogP contribution in [-0.4, -0.2) is 26.0 Å². The van der Waals surface area contributed by atoms with Crippen molar-refractivity contribution in [2.75, 3.05) is 12.4 Å². The molecule has 5 heteroatoms. The third kappa shape index (κ3) is 1.78. The van der Waals surface area contributed by atoms with Crippen molar-refractivity contribution in [3.05, 3.63) is 48.8 Å². The highest BCUT2D eigenvalue weighted by atomic mass is 15.1. The van der Waals surface area contributed by atoms with Gasteiger partial charge in [0.15, 0.2) is 5.82 Å². The van der Waals surface area contributed by atoms with Crippen molar-refractivity contribution in [2.45, 2.75) is 0 Å². The summed E-state index contributed by atoms with van der Waals surface area (Å²) in [5, 5.41) is 3.13. The maximum absolute atomic E-state index is 4.69. The zero-order valence-electron chi connectivity index (χ0n) is 11.9. The smallest absolute Gasteiger partial charge is 0.161 e. The lowest BCUT2D eigenvalue weighted by Gasteiger charge is -1.98. The quantitative estimate of drug-likeness (QED) is 0.613. The molecule has 4 rings (SSSR count). The van der Waals surface area contributed by atoms with E-state index in [-0.39, 0.29) is 0 Å². The number of imidazole rings is 2. The summed E-state index contributed by atoms with van der Waals surface area (Å²) in [5.41, 5.74) is 4.93. The van der Waals surface area contributed by atoms with Crippen LogP contribution in [0.25, 0.3) is 28.2 Å². The molecule has 0 spiro atoms. The number of nitrogens with zero attached hydrogens (tertiary/aromatic N) is 4. The molecule has 3 aromatic heterocycles. The van der Waals surface area contributed by atoms with E-state index < -0.39 is 0 Å². The molecule has 104 valence electrons. The van der Waals surface area contributed by atoms with E-state index in [4.69, 9.17) is 4.98 Å². The average molecular weight is 277 g/mol. The molecular weight excluding hydrogens is 262 g/mol. The van der Waals surface area contributed by atoms with Gasteiger partial charge in [-0.3, -0.25) is 0 Å². The molecule has 0 bridgehead atoms. The van der Waals surface area contributed by atoms with Crippen LogP contribution in [0.3, 0.4) is 0 Å². The summed E-state index contributed by atoms with van der Waals surface area (Å²) in [6, 6.07) is 12.2. The highest BCUT2D eigenvalue weighted by molar-refractivity contribution is 5.80. The van der Waals surface area contributed by atoms with E-state index in [0.717, 1.165) is 33.9 Å². The third-order valence-corrected chi connectivity index (χ3v) is 3.77. The third-order valence-electron chi connectivity index (χ3n) is 3.77. The molecular formula is C16H15N5. The van der Waals surface area contributed by atoms with Gasteiger partial charge in [-0.1, -0.05) is 12.1 Å². The van der Waals surface area contributed by atoms with Gasteiger partial charge in [-0.25, -0.2) is 9.97 Å². The minimum Gasteiger partial charge on any atom is -0.388 e. The first-order valence-electron chi connectivity index (χ1n) is 6.84. The van der Waals surface area contributed by atoms with Gasteiger partial charge >= 0.3 is 0 Å². The fraction of sp³-hybridized carbons (Fsp3) is 0.125. The fourth-order valence-electron chi connectivity index (χ4n) is 2.62. The molecule has 5 nitrogen and oxygen atoms in total. The lowest BCUT2D eigenvalue weighted by Crippen LogP contribution is -1.92. The molecule has 0 radical (unpaired) electrons. The Morgan fingerprint density at radius 2 is 1.95 bits per heavy atom. The molecule has 0 unspecified atom stereocenters. The monoisotopic (exact) mass is 277 g/mol. The van der Waals surface area contributed by atoms with Crippen LogP contribution >= 0.6 is 0 Å². The average Bonchev–Trinajstić information content (AvgIpc) is 3.08. The van der Waals surface area contributed by atoms with Crippen molar-refractivity contribution in [1.29, 1.82) is 0 Å². The Labute approximate surface area is 121 Å². The molecule has 0 aliphatic heterocycles. The van der Waals surface area contributed by atoms with Crippen molar-refractivity contribution < 1.29 is 0 Å². The van der Waals surface area contributed by atoms with Crippen LogP contribution < -0.4 is 5.32 Å². The second kappa shape index (κ2) is 4.34. The second-order valence-corrected chi connectivity index (χ2v) is 5.04. The summed E-state index contributed by atoms with van der Waals surface area (Å²) in [6.07, 6.45) is 4.01. The highest BCUT2D eigenvalue weighted by Gasteiger charge is 2.12. The predicted molar refractivity (Wildman–Crippen MR) is 84.4 cm³/mol. The molecule has 0 saturated heterocycles. The van der Waals surface area contributed by atoms with Gasteiger partial charge < -0.3 is 14.3 Å². The van der Waals surface area contributed by atoms with Crippen LogP contribution in [0.2, 0.25) is 0 Å². The molecule has 0 aliphatic carbocycles. The van der Waals surface area contributed by atoms with Crippen LogP contribution in [0, 0.1) is 0 Å². The number of nitrogens with one attached hydrogen (secondary N) is 1. The van der Waals surface area contributed by atoms with E-state index >= 15 is 0 Å². The van der Waals surface area contributed by atoms with Gasteiger partial charge in [-0.2, -0.15) is 0 Å². The van der Waals surface area contributed by atoms with Crippen molar-refractivity contribution in [3.8, 4) is 11.5 Å². The van der Waals surface area contributed by atoms with E-state index in [1.807, 2.05) is 61.2 Å². The second-order valence-electron chi connectivity index (χ2n) is 5.04. The summed E-state index contributed by atoms with van der Waals surface area (Å²) >= 11 is 0. The van der Waals surface area contributed by atoms with Gasteiger partial charge in [0.2, 0.25) is 0 Å². The maximum atomic E-state index is 4.69. The van der Waals surface area contributed by atoms with E-state index in [2.05, 4.69) is 20.9 Å². The van der Waals surface area contributed by atoms with Crippen LogP contribution in [-0.2, 0) is 7.05 Å². The molecule has 3 heterocycles. The normalized spacial score (nSPS) is 11.3.